The number of rotatable bonds is 4. The van der Waals surface area contributed by atoms with Gasteiger partial charge in [0.05, 0.1) is 11.5 Å². The molecule has 1 aliphatic rings. The fourth-order valence-electron chi connectivity index (χ4n) is 1.72. The van der Waals surface area contributed by atoms with Gasteiger partial charge in [-0.15, -0.1) is 0 Å². The van der Waals surface area contributed by atoms with Crippen LogP contribution in [0, 0.1) is 0 Å². The minimum Gasteiger partial charge on any atom is -0.329 e. The van der Waals surface area contributed by atoms with E-state index in [9.17, 15) is 8.42 Å². The molecule has 2 unspecified atom stereocenters. The number of hydrogen-bond donors (Lipinski definition) is 2. The zero-order valence-corrected chi connectivity index (χ0v) is 9.33. The molecule has 2 atom stereocenters. The van der Waals surface area contributed by atoms with Gasteiger partial charge >= 0.3 is 0 Å². The Balaban J connectivity index is 2.43. The Morgan fingerprint density at radius 1 is 1.57 bits per heavy atom. The molecule has 0 radical (unpaired) electrons. The fourth-order valence-corrected chi connectivity index (χ4v) is 3.52. The summed E-state index contributed by atoms with van der Waals surface area (Å²) in [7, 11) is -0.893. The number of nitrogens with two attached hydrogens (primary N) is 2. The standard InChI is InChI=1S/C8H19N3O2S/c1-11(5-7(10)4-9)8-2-3-14(12,13)6-8/h7-8H,2-6,9-10H2,1H3. The lowest BCUT2D eigenvalue weighted by atomic mass is 10.2. The van der Waals surface area contributed by atoms with E-state index in [1.165, 1.54) is 0 Å². The van der Waals surface area contributed by atoms with Crippen molar-refractivity contribution in [1.29, 1.82) is 0 Å². The van der Waals surface area contributed by atoms with Crippen LogP contribution in [0.5, 0.6) is 0 Å². The molecule has 84 valence electrons. The van der Waals surface area contributed by atoms with E-state index in [1.807, 2.05) is 11.9 Å². The van der Waals surface area contributed by atoms with Gasteiger partial charge in [0, 0.05) is 25.2 Å². The molecule has 0 amide bonds. The van der Waals surface area contributed by atoms with Crippen LogP contribution in [0.1, 0.15) is 6.42 Å². The van der Waals surface area contributed by atoms with Crippen molar-refractivity contribution in [3.63, 3.8) is 0 Å². The second kappa shape index (κ2) is 4.57. The van der Waals surface area contributed by atoms with E-state index in [0.29, 0.717) is 18.8 Å². The van der Waals surface area contributed by atoms with E-state index in [4.69, 9.17) is 11.5 Å². The van der Waals surface area contributed by atoms with Crippen LogP contribution in [0.2, 0.25) is 0 Å². The molecule has 0 aromatic carbocycles. The van der Waals surface area contributed by atoms with Gasteiger partial charge in [0.15, 0.2) is 9.84 Å². The zero-order chi connectivity index (χ0) is 10.8. The van der Waals surface area contributed by atoms with Crippen molar-refractivity contribution in [2.24, 2.45) is 11.5 Å². The number of nitrogens with zero attached hydrogens (tertiary/aromatic N) is 1. The number of likely N-dealkylation sites (N-methyl/N-ethyl adjacent to an activating group) is 1. The molecule has 14 heavy (non-hydrogen) atoms. The molecule has 6 heteroatoms. The van der Waals surface area contributed by atoms with E-state index in [2.05, 4.69) is 0 Å². The molecule has 1 fully saturated rings. The molecule has 0 aromatic rings. The predicted octanol–water partition coefficient (Wildman–Crippen LogP) is -1.61. The molecular formula is C8H19N3O2S. The van der Waals surface area contributed by atoms with Gasteiger partial charge in [-0.3, -0.25) is 0 Å². The lowest BCUT2D eigenvalue weighted by molar-refractivity contribution is 0.247. The van der Waals surface area contributed by atoms with Crippen LogP contribution < -0.4 is 11.5 Å². The summed E-state index contributed by atoms with van der Waals surface area (Å²) >= 11 is 0. The molecule has 0 aliphatic carbocycles. The Morgan fingerprint density at radius 3 is 2.64 bits per heavy atom. The van der Waals surface area contributed by atoms with E-state index in [-0.39, 0.29) is 17.8 Å². The Kier molecular flexibility index (Phi) is 3.88. The molecule has 0 spiro atoms. The van der Waals surface area contributed by atoms with Gasteiger partial charge in [-0.05, 0) is 13.5 Å². The van der Waals surface area contributed by atoms with Gasteiger partial charge in [0.2, 0.25) is 0 Å². The lowest BCUT2D eigenvalue weighted by Gasteiger charge is -2.25. The summed E-state index contributed by atoms with van der Waals surface area (Å²) in [5.41, 5.74) is 11.1. The van der Waals surface area contributed by atoms with E-state index in [0.717, 1.165) is 6.42 Å². The Labute approximate surface area is 85.4 Å². The molecule has 1 heterocycles. The molecule has 5 nitrogen and oxygen atoms in total. The molecule has 4 N–H and O–H groups in total. The third kappa shape index (κ3) is 3.20. The van der Waals surface area contributed by atoms with Crippen LogP contribution in [-0.2, 0) is 9.84 Å². The van der Waals surface area contributed by atoms with Crippen LogP contribution >= 0.6 is 0 Å². The molecule has 1 saturated heterocycles. The summed E-state index contributed by atoms with van der Waals surface area (Å²) < 4.78 is 22.4. The first-order valence-corrected chi connectivity index (χ1v) is 6.63. The van der Waals surface area contributed by atoms with Gasteiger partial charge < -0.3 is 16.4 Å². The molecule has 0 saturated carbocycles. The topological polar surface area (TPSA) is 89.4 Å². The van der Waals surface area contributed by atoms with Crippen LogP contribution in [0.4, 0.5) is 0 Å². The lowest BCUT2D eigenvalue weighted by Crippen LogP contribution is -2.44. The summed E-state index contributed by atoms with van der Waals surface area (Å²) in [4.78, 5) is 2.00. The van der Waals surface area contributed by atoms with Crippen molar-refractivity contribution in [2.45, 2.75) is 18.5 Å². The monoisotopic (exact) mass is 221 g/mol. The fraction of sp³-hybridized carbons (Fsp3) is 1.00. The summed E-state index contributed by atoms with van der Waals surface area (Å²) in [6.45, 7) is 1.10. The number of hydrogen-bond acceptors (Lipinski definition) is 5. The average Bonchev–Trinajstić information content (AvgIpc) is 2.46. The average molecular weight is 221 g/mol. The second-order valence-electron chi connectivity index (χ2n) is 3.99. The maximum absolute atomic E-state index is 11.2. The molecule has 1 aliphatic heterocycles. The summed E-state index contributed by atoms with van der Waals surface area (Å²) in [6.07, 6.45) is 0.718. The highest BCUT2D eigenvalue weighted by Crippen LogP contribution is 2.16. The van der Waals surface area contributed by atoms with Crippen molar-refractivity contribution >= 4 is 9.84 Å². The maximum atomic E-state index is 11.2. The van der Waals surface area contributed by atoms with Gasteiger partial charge in [0.25, 0.3) is 0 Å². The minimum absolute atomic E-state index is 0.0664. The Bertz CT molecular complexity index is 278. The molecule has 0 aromatic heterocycles. The highest BCUT2D eigenvalue weighted by Gasteiger charge is 2.30. The first-order chi connectivity index (χ1) is 6.44. The van der Waals surface area contributed by atoms with E-state index in [1.54, 1.807) is 0 Å². The third-order valence-corrected chi connectivity index (χ3v) is 4.41. The highest BCUT2D eigenvalue weighted by atomic mass is 32.2. The quantitative estimate of drug-likeness (QED) is 0.596. The van der Waals surface area contributed by atoms with Crippen molar-refractivity contribution in [1.82, 2.24) is 4.90 Å². The summed E-state index contributed by atoms with van der Waals surface area (Å²) in [5, 5.41) is 0. The van der Waals surface area contributed by atoms with Crippen LogP contribution in [0.25, 0.3) is 0 Å². The van der Waals surface area contributed by atoms with Crippen molar-refractivity contribution in [3.05, 3.63) is 0 Å². The van der Waals surface area contributed by atoms with Crippen molar-refractivity contribution < 1.29 is 8.42 Å². The number of sulfone groups is 1. The minimum atomic E-state index is -2.80. The van der Waals surface area contributed by atoms with Gasteiger partial charge in [0.1, 0.15) is 0 Å². The Hall–Kier alpha value is -0.170. The van der Waals surface area contributed by atoms with Crippen LogP contribution in [0.3, 0.4) is 0 Å². The third-order valence-electron chi connectivity index (χ3n) is 2.66. The van der Waals surface area contributed by atoms with Crippen molar-refractivity contribution in [3.8, 4) is 0 Å². The van der Waals surface area contributed by atoms with Gasteiger partial charge in [-0.25, -0.2) is 8.42 Å². The summed E-state index contributed by atoms with van der Waals surface area (Å²) in [5.74, 6) is 0.570. The molecule has 1 rings (SSSR count). The van der Waals surface area contributed by atoms with Gasteiger partial charge in [-0.1, -0.05) is 0 Å². The molecule has 0 bridgehead atoms. The SMILES string of the molecule is CN(CC(N)CN)C1CCS(=O)(=O)C1. The largest absolute Gasteiger partial charge is 0.329 e. The van der Waals surface area contributed by atoms with Crippen molar-refractivity contribution in [2.75, 3.05) is 31.6 Å². The Morgan fingerprint density at radius 2 is 2.21 bits per heavy atom. The normalized spacial score (nSPS) is 28.1. The predicted molar refractivity (Wildman–Crippen MR) is 56.7 cm³/mol. The first-order valence-electron chi connectivity index (χ1n) is 4.81. The van der Waals surface area contributed by atoms with Gasteiger partial charge in [-0.2, -0.15) is 0 Å². The van der Waals surface area contributed by atoms with Crippen LogP contribution in [0.15, 0.2) is 0 Å². The highest BCUT2D eigenvalue weighted by molar-refractivity contribution is 7.91. The first kappa shape index (κ1) is 11.9. The molecular weight excluding hydrogens is 202 g/mol. The van der Waals surface area contributed by atoms with E-state index < -0.39 is 9.84 Å². The zero-order valence-electron chi connectivity index (χ0n) is 8.52. The summed E-state index contributed by atoms with van der Waals surface area (Å²) in [6, 6.07) is 0.0564. The van der Waals surface area contributed by atoms with Crippen LogP contribution in [-0.4, -0.2) is 57.0 Å². The second-order valence-corrected chi connectivity index (χ2v) is 6.22. The van der Waals surface area contributed by atoms with E-state index >= 15 is 0 Å². The smallest absolute Gasteiger partial charge is 0.151 e. The maximum Gasteiger partial charge on any atom is 0.151 e.